The van der Waals surface area contributed by atoms with Crippen molar-refractivity contribution >= 4 is 0 Å². The second-order valence-corrected chi connectivity index (χ2v) is 6.85. The molecule has 0 bridgehead atoms. The number of aliphatic hydroxyl groups excluding tert-OH is 1. The third-order valence-electron chi connectivity index (χ3n) is 5.45. The van der Waals surface area contributed by atoms with E-state index in [-0.39, 0.29) is 17.8 Å². The molecule has 3 heteroatoms. The number of aliphatic hydroxyl groups is 1. The zero-order chi connectivity index (χ0) is 14.3. The van der Waals surface area contributed by atoms with E-state index in [9.17, 15) is 5.11 Å². The van der Waals surface area contributed by atoms with Crippen LogP contribution in [-0.4, -0.2) is 23.4 Å². The molecule has 2 unspecified atom stereocenters. The van der Waals surface area contributed by atoms with Gasteiger partial charge in [0.25, 0.3) is 0 Å². The average Bonchev–Trinajstić information content (AvgIpc) is 3.08. The van der Waals surface area contributed by atoms with E-state index in [1.807, 2.05) is 12.1 Å². The van der Waals surface area contributed by atoms with E-state index in [1.54, 1.807) is 0 Å². The molecule has 1 heterocycles. The van der Waals surface area contributed by atoms with Crippen LogP contribution in [0.1, 0.15) is 62.2 Å². The third-order valence-corrected chi connectivity index (χ3v) is 5.45. The molecule has 4 rings (SSSR count). The average molecular weight is 288 g/mol. The van der Waals surface area contributed by atoms with Crippen molar-refractivity contribution in [2.45, 2.75) is 69.2 Å². The SMILES string of the molecule is OC1CCc2c(OC3CCOC4(CCCC4)C3)cccc21. The maximum atomic E-state index is 10.0. The third kappa shape index (κ3) is 2.47. The summed E-state index contributed by atoms with van der Waals surface area (Å²) in [6.45, 7) is 0.822. The topological polar surface area (TPSA) is 38.7 Å². The smallest absolute Gasteiger partial charge is 0.123 e. The molecule has 0 aromatic heterocycles. The van der Waals surface area contributed by atoms with Gasteiger partial charge in [-0.25, -0.2) is 0 Å². The molecule has 0 amide bonds. The summed E-state index contributed by atoms with van der Waals surface area (Å²) in [5.74, 6) is 0.990. The van der Waals surface area contributed by atoms with E-state index in [4.69, 9.17) is 9.47 Å². The van der Waals surface area contributed by atoms with Gasteiger partial charge in [0.05, 0.1) is 18.3 Å². The minimum Gasteiger partial charge on any atom is -0.490 e. The number of fused-ring (bicyclic) bond motifs is 1. The Morgan fingerprint density at radius 3 is 2.90 bits per heavy atom. The summed E-state index contributed by atoms with van der Waals surface area (Å²) < 4.78 is 12.4. The van der Waals surface area contributed by atoms with Crippen LogP contribution in [0.4, 0.5) is 0 Å². The fourth-order valence-corrected chi connectivity index (χ4v) is 4.34. The Kier molecular flexibility index (Phi) is 3.43. The second kappa shape index (κ2) is 5.29. The lowest BCUT2D eigenvalue weighted by Crippen LogP contribution is -2.41. The highest BCUT2D eigenvalue weighted by atomic mass is 16.5. The monoisotopic (exact) mass is 288 g/mol. The molecule has 1 aromatic carbocycles. The number of hydrogen-bond acceptors (Lipinski definition) is 3. The summed E-state index contributed by atoms with van der Waals surface area (Å²) >= 11 is 0. The van der Waals surface area contributed by atoms with Crippen molar-refractivity contribution in [2.75, 3.05) is 6.61 Å². The Balaban J connectivity index is 1.51. The van der Waals surface area contributed by atoms with Gasteiger partial charge in [-0.05, 0) is 37.3 Å². The van der Waals surface area contributed by atoms with Crippen LogP contribution in [0.3, 0.4) is 0 Å². The van der Waals surface area contributed by atoms with Crippen molar-refractivity contribution in [1.82, 2.24) is 0 Å². The van der Waals surface area contributed by atoms with Crippen molar-refractivity contribution in [2.24, 2.45) is 0 Å². The first-order chi connectivity index (χ1) is 10.3. The Hall–Kier alpha value is -1.06. The van der Waals surface area contributed by atoms with E-state index in [1.165, 1.54) is 31.2 Å². The minimum atomic E-state index is -0.306. The van der Waals surface area contributed by atoms with Gasteiger partial charge in [0.15, 0.2) is 0 Å². The molecule has 0 radical (unpaired) electrons. The Bertz CT molecular complexity index is 519. The van der Waals surface area contributed by atoms with Crippen LogP contribution in [0, 0.1) is 0 Å². The van der Waals surface area contributed by atoms with Crippen molar-refractivity contribution in [3.05, 3.63) is 29.3 Å². The summed E-state index contributed by atoms with van der Waals surface area (Å²) in [4.78, 5) is 0. The van der Waals surface area contributed by atoms with Gasteiger partial charge in [0, 0.05) is 18.4 Å². The molecule has 3 aliphatic rings. The maximum absolute atomic E-state index is 10.0. The van der Waals surface area contributed by atoms with E-state index < -0.39 is 0 Å². The van der Waals surface area contributed by atoms with E-state index in [2.05, 4.69) is 6.07 Å². The summed E-state index contributed by atoms with van der Waals surface area (Å²) in [5, 5.41) is 10.0. The lowest BCUT2D eigenvalue weighted by atomic mass is 9.90. The van der Waals surface area contributed by atoms with Gasteiger partial charge in [-0.15, -0.1) is 0 Å². The second-order valence-electron chi connectivity index (χ2n) is 6.85. The number of rotatable bonds is 2. The van der Waals surface area contributed by atoms with Crippen LogP contribution in [0.2, 0.25) is 0 Å². The molecule has 2 atom stereocenters. The van der Waals surface area contributed by atoms with Crippen LogP contribution in [0.25, 0.3) is 0 Å². The molecule has 3 nitrogen and oxygen atoms in total. The molecule has 1 N–H and O–H groups in total. The van der Waals surface area contributed by atoms with Crippen molar-refractivity contribution < 1.29 is 14.6 Å². The molecule has 1 saturated heterocycles. The van der Waals surface area contributed by atoms with E-state index >= 15 is 0 Å². The maximum Gasteiger partial charge on any atom is 0.123 e. The molecular formula is C18H24O3. The van der Waals surface area contributed by atoms with Gasteiger partial charge in [0.1, 0.15) is 11.9 Å². The molecule has 2 aliphatic carbocycles. The van der Waals surface area contributed by atoms with Gasteiger partial charge in [-0.2, -0.15) is 0 Å². The van der Waals surface area contributed by atoms with Gasteiger partial charge in [0.2, 0.25) is 0 Å². The first kappa shape index (κ1) is 13.6. The van der Waals surface area contributed by atoms with Crippen molar-refractivity contribution in [3.63, 3.8) is 0 Å². The molecule has 1 spiro atoms. The largest absolute Gasteiger partial charge is 0.490 e. The number of hydrogen-bond donors (Lipinski definition) is 1. The highest BCUT2D eigenvalue weighted by Crippen LogP contribution is 2.42. The Morgan fingerprint density at radius 2 is 2.05 bits per heavy atom. The zero-order valence-corrected chi connectivity index (χ0v) is 12.5. The summed E-state index contributed by atoms with van der Waals surface area (Å²) in [7, 11) is 0. The quantitative estimate of drug-likeness (QED) is 0.904. The minimum absolute atomic E-state index is 0.0976. The van der Waals surface area contributed by atoms with Crippen molar-refractivity contribution in [3.8, 4) is 5.75 Å². The predicted molar refractivity (Wildman–Crippen MR) is 80.5 cm³/mol. The number of ether oxygens (including phenoxy) is 2. The van der Waals surface area contributed by atoms with Crippen LogP contribution >= 0.6 is 0 Å². The normalized spacial score (nSPS) is 30.5. The van der Waals surface area contributed by atoms with Crippen LogP contribution in [0.5, 0.6) is 5.75 Å². The predicted octanol–water partition coefficient (Wildman–Crippen LogP) is 3.54. The van der Waals surface area contributed by atoms with E-state index in [0.717, 1.165) is 43.6 Å². The Morgan fingerprint density at radius 1 is 1.19 bits per heavy atom. The van der Waals surface area contributed by atoms with Gasteiger partial charge >= 0.3 is 0 Å². The lowest BCUT2D eigenvalue weighted by molar-refractivity contribution is -0.108. The highest BCUT2D eigenvalue weighted by molar-refractivity contribution is 5.44. The highest BCUT2D eigenvalue weighted by Gasteiger charge is 2.41. The zero-order valence-electron chi connectivity index (χ0n) is 12.5. The molecule has 1 aromatic rings. The van der Waals surface area contributed by atoms with Crippen LogP contribution in [0.15, 0.2) is 18.2 Å². The van der Waals surface area contributed by atoms with Gasteiger partial charge < -0.3 is 14.6 Å². The summed E-state index contributed by atoms with van der Waals surface area (Å²) in [6.07, 6.45) is 8.69. The first-order valence-corrected chi connectivity index (χ1v) is 8.36. The molecule has 1 aliphatic heterocycles. The molecule has 21 heavy (non-hydrogen) atoms. The Labute approximate surface area is 126 Å². The summed E-state index contributed by atoms with van der Waals surface area (Å²) in [5.41, 5.74) is 2.38. The molecule has 1 saturated carbocycles. The van der Waals surface area contributed by atoms with Gasteiger partial charge in [-0.1, -0.05) is 25.0 Å². The fraction of sp³-hybridized carbons (Fsp3) is 0.667. The van der Waals surface area contributed by atoms with Crippen LogP contribution in [-0.2, 0) is 11.2 Å². The first-order valence-electron chi connectivity index (χ1n) is 8.36. The standard InChI is InChI=1S/C18H24O3/c19-16-7-6-15-14(16)4-3-5-17(15)21-13-8-11-20-18(12-13)9-1-2-10-18/h3-5,13,16,19H,1-2,6-12H2. The molecular weight excluding hydrogens is 264 g/mol. The number of benzene rings is 1. The lowest BCUT2D eigenvalue weighted by Gasteiger charge is -2.38. The van der Waals surface area contributed by atoms with Crippen molar-refractivity contribution in [1.29, 1.82) is 0 Å². The molecule has 114 valence electrons. The van der Waals surface area contributed by atoms with Gasteiger partial charge in [-0.3, -0.25) is 0 Å². The van der Waals surface area contributed by atoms with E-state index in [0.29, 0.717) is 0 Å². The summed E-state index contributed by atoms with van der Waals surface area (Å²) in [6, 6.07) is 6.10. The molecule has 2 fully saturated rings. The van der Waals surface area contributed by atoms with Crippen LogP contribution < -0.4 is 4.74 Å². The fourth-order valence-electron chi connectivity index (χ4n) is 4.34.